The van der Waals surface area contributed by atoms with Gasteiger partial charge in [0.15, 0.2) is 16.5 Å². The first kappa shape index (κ1) is 34.0. The van der Waals surface area contributed by atoms with E-state index in [-0.39, 0.29) is 39.8 Å². The number of ether oxygens (including phenoxy) is 2. The number of pyridine rings is 2. The number of morpholine rings is 1. The molecule has 12 nitrogen and oxygen atoms in total. The van der Waals surface area contributed by atoms with Crippen LogP contribution in [0, 0.1) is 11.6 Å². The number of aromatic nitrogens is 2. The van der Waals surface area contributed by atoms with Gasteiger partial charge in [0.2, 0.25) is 5.88 Å². The summed E-state index contributed by atoms with van der Waals surface area (Å²) in [7, 11) is -2.83. The van der Waals surface area contributed by atoms with E-state index in [0.29, 0.717) is 44.6 Å². The lowest BCUT2D eigenvalue weighted by atomic mass is 10.1. The van der Waals surface area contributed by atoms with E-state index < -0.39 is 21.7 Å². The Morgan fingerprint density at radius 2 is 1.73 bits per heavy atom. The number of benzene rings is 1. The molecule has 4 heterocycles. The second-order valence-electron chi connectivity index (χ2n) is 10.7. The molecule has 2 aromatic heterocycles. The van der Waals surface area contributed by atoms with E-state index in [0.717, 1.165) is 26.2 Å². The first-order chi connectivity index (χ1) is 21.6. The lowest BCUT2D eigenvalue weighted by molar-refractivity contribution is -0.122. The predicted molar refractivity (Wildman–Crippen MR) is 165 cm³/mol. The van der Waals surface area contributed by atoms with Crippen molar-refractivity contribution < 1.29 is 36.6 Å². The van der Waals surface area contributed by atoms with E-state index in [1.54, 1.807) is 12.3 Å². The number of nitrogens with zero attached hydrogens (tertiary/aromatic N) is 5. The van der Waals surface area contributed by atoms with Crippen LogP contribution in [0.15, 0.2) is 47.6 Å². The Bertz CT molecular complexity index is 1560. The van der Waals surface area contributed by atoms with Crippen molar-refractivity contribution in [2.45, 2.75) is 31.3 Å². The number of hydrogen-bond donors (Lipinski definition) is 2. The largest absolute Gasteiger partial charge is 0.483 e. The maximum atomic E-state index is 15.3. The van der Waals surface area contributed by atoms with Gasteiger partial charge >= 0.3 is 0 Å². The van der Waals surface area contributed by atoms with Gasteiger partial charge in [-0.15, -0.1) is 0 Å². The van der Waals surface area contributed by atoms with Crippen molar-refractivity contribution in [3.8, 4) is 17.1 Å². The van der Waals surface area contributed by atoms with Crippen LogP contribution in [0.25, 0.3) is 11.3 Å². The van der Waals surface area contributed by atoms with E-state index in [2.05, 4.69) is 38.3 Å². The zero-order valence-corrected chi connectivity index (χ0v) is 26.3. The van der Waals surface area contributed by atoms with Crippen molar-refractivity contribution in [1.29, 1.82) is 0 Å². The molecule has 0 atom stereocenters. The molecular formula is C30H38F2N6O6S. The summed E-state index contributed by atoms with van der Waals surface area (Å²) in [5, 5.41) is 6.89. The lowest BCUT2D eigenvalue weighted by Gasteiger charge is -2.37. The van der Waals surface area contributed by atoms with Crippen molar-refractivity contribution in [3.05, 3.63) is 59.9 Å². The van der Waals surface area contributed by atoms with Gasteiger partial charge in [-0.2, -0.15) is 0 Å². The number of hydrogen-bond acceptors (Lipinski definition) is 10. The minimum absolute atomic E-state index is 0.0597. The summed E-state index contributed by atoms with van der Waals surface area (Å²) >= 11 is 0. The quantitative estimate of drug-likeness (QED) is 0.331. The first-order valence-corrected chi connectivity index (χ1v) is 15.9. The van der Waals surface area contributed by atoms with Gasteiger partial charge in [-0.25, -0.2) is 22.2 Å². The fourth-order valence-corrected chi connectivity index (χ4v) is 6.39. The second kappa shape index (κ2) is 15.4. The number of carbonyl (C=O) groups is 1. The molecule has 3 aromatic rings. The summed E-state index contributed by atoms with van der Waals surface area (Å²) in [5.41, 5.74) is 1.05. The number of sulfonamides is 1. The Hall–Kier alpha value is -3.92. The Balaban J connectivity index is 0.00000148. The van der Waals surface area contributed by atoms with Gasteiger partial charge in [0.25, 0.3) is 16.5 Å². The zero-order chi connectivity index (χ0) is 32.6. The molecule has 5 rings (SSSR count). The number of piperazine rings is 1. The average Bonchev–Trinajstić information content (AvgIpc) is 3.04. The van der Waals surface area contributed by atoms with Crippen LogP contribution in [0.5, 0.6) is 5.88 Å². The predicted octanol–water partition coefficient (Wildman–Crippen LogP) is 3.29. The molecule has 0 spiro atoms. The summed E-state index contributed by atoms with van der Waals surface area (Å²) < 4.78 is 70.5. The van der Waals surface area contributed by atoms with Gasteiger partial charge in [-0.1, -0.05) is 6.07 Å². The number of halogens is 2. The molecule has 15 heteroatoms. The van der Waals surface area contributed by atoms with E-state index in [4.69, 9.17) is 19.4 Å². The molecule has 0 saturated carbocycles. The lowest BCUT2D eigenvalue weighted by Crippen LogP contribution is -2.48. The fourth-order valence-electron chi connectivity index (χ4n) is 5.20. The van der Waals surface area contributed by atoms with Crippen molar-refractivity contribution in [2.24, 2.45) is 0 Å². The highest BCUT2D eigenvalue weighted by atomic mass is 32.2. The number of nitrogens with one attached hydrogen (secondary N) is 1. The third-order valence-corrected chi connectivity index (χ3v) is 9.02. The molecule has 0 amide bonds. The highest BCUT2D eigenvalue weighted by molar-refractivity contribution is 7.92. The SMILES string of the molecule is COc1ncc(N2CCOCC2)cc1S(=O)(=O)Nc1ccnc(-c2ccc(CN3CCN(C(C)C)CC3)c(F)c2F)c1.O=CO. The smallest absolute Gasteiger partial charge is 0.290 e. The molecule has 45 heavy (non-hydrogen) atoms. The maximum Gasteiger partial charge on any atom is 0.290 e. The molecule has 0 unspecified atom stereocenters. The molecule has 2 N–H and O–H groups in total. The molecule has 0 bridgehead atoms. The van der Waals surface area contributed by atoms with Crippen LogP contribution in [-0.4, -0.2) is 105 Å². The van der Waals surface area contributed by atoms with Crippen LogP contribution in [0.3, 0.4) is 0 Å². The molecule has 0 aliphatic carbocycles. The number of methoxy groups -OCH3 is 1. The average molecular weight is 649 g/mol. The summed E-state index contributed by atoms with van der Waals surface area (Å²) in [5.74, 6) is -2.02. The van der Waals surface area contributed by atoms with Crippen molar-refractivity contribution >= 4 is 27.9 Å². The summed E-state index contributed by atoms with van der Waals surface area (Å²) in [4.78, 5) is 23.0. The molecule has 244 valence electrons. The van der Waals surface area contributed by atoms with Gasteiger partial charge in [0.05, 0.1) is 43.6 Å². The summed E-state index contributed by atoms with van der Waals surface area (Å²) in [6.07, 6.45) is 2.90. The Kier molecular flexibility index (Phi) is 11.6. The van der Waals surface area contributed by atoms with Crippen molar-refractivity contribution in [2.75, 3.05) is 69.2 Å². The molecule has 2 saturated heterocycles. The maximum absolute atomic E-state index is 15.3. The third-order valence-electron chi connectivity index (χ3n) is 7.64. The van der Waals surface area contributed by atoms with Gasteiger partial charge in [0, 0.05) is 69.2 Å². The van der Waals surface area contributed by atoms with Gasteiger partial charge in [-0.3, -0.25) is 24.3 Å². The number of carboxylic acid groups (broad SMARTS) is 1. The first-order valence-electron chi connectivity index (χ1n) is 14.4. The molecule has 2 aliphatic rings. The third kappa shape index (κ3) is 8.42. The molecule has 2 aliphatic heterocycles. The minimum atomic E-state index is -4.17. The number of anilines is 2. The minimum Gasteiger partial charge on any atom is -0.483 e. The highest BCUT2D eigenvalue weighted by Gasteiger charge is 2.25. The number of rotatable bonds is 9. The zero-order valence-electron chi connectivity index (χ0n) is 25.4. The highest BCUT2D eigenvalue weighted by Crippen LogP contribution is 2.31. The fraction of sp³-hybridized carbons (Fsp3) is 0.433. The van der Waals surface area contributed by atoms with Crippen LogP contribution >= 0.6 is 0 Å². The molecular weight excluding hydrogens is 610 g/mol. The van der Waals surface area contributed by atoms with Crippen LogP contribution < -0.4 is 14.4 Å². The van der Waals surface area contributed by atoms with Gasteiger partial charge in [0.1, 0.15) is 0 Å². The van der Waals surface area contributed by atoms with Gasteiger partial charge < -0.3 is 19.5 Å². The monoisotopic (exact) mass is 648 g/mol. The molecule has 0 radical (unpaired) electrons. The Morgan fingerprint density at radius 3 is 2.38 bits per heavy atom. The normalized spacial score (nSPS) is 16.2. The summed E-state index contributed by atoms with van der Waals surface area (Å²) in [6, 6.07) is 7.80. The van der Waals surface area contributed by atoms with E-state index in [1.807, 2.05) is 4.90 Å². The van der Waals surface area contributed by atoms with Crippen molar-refractivity contribution in [1.82, 2.24) is 19.8 Å². The van der Waals surface area contributed by atoms with Crippen molar-refractivity contribution in [3.63, 3.8) is 0 Å². The van der Waals surface area contributed by atoms with Crippen LogP contribution in [0.4, 0.5) is 20.2 Å². The second-order valence-corrected chi connectivity index (χ2v) is 12.4. The molecule has 2 fully saturated rings. The standard InChI is InChI=1S/C29H36F2N6O4S.CH2O2/c1-20(2)36-10-8-35(9-11-36)19-21-4-5-24(28(31)27(21)30)25-16-22(6-7-32-25)34-42(38,39)26-17-23(18-33-29(26)40-3)37-12-14-41-15-13-37;2-1-3/h4-7,16-18,20H,8-15,19H2,1-3H3,(H,32,34);1H,(H,2,3). The summed E-state index contributed by atoms with van der Waals surface area (Å²) in [6.45, 7) is 9.93. The molecule has 1 aromatic carbocycles. The van der Waals surface area contributed by atoms with Crippen LogP contribution in [0.1, 0.15) is 19.4 Å². The Labute approximate surface area is 261 Å². The topological polar surface area (TPSA) is 137 Å². The van der Waals surface area contributed by atoms with E-state index >= 15 is 8.78 Å². The van der Waals surface area contributed by atoms with Crippen LogP contribution in [-0.2, 0) is 26.1 Å². The Morgan fingerprint density at radius 1 is 1.04 bits per heavy atom. The van der Waals surface area contributed by atoms with E-state index in [9.17, 15) is 8.42 Å². The van der Waals surface area contributed by atoms with Gasteiger partial charge in [-0.05, 0) is 38.1 Å². The van der Waals surface area contributed by atoms with E-state index in [1.165, 1.54) is 37.6 Å². The van der Waals surface area contributed by atoms with Crippen LogP contribution in [0.2, 0.25) is 0 Å².